The molecule has 2 aromatic heterocycles. The number of thiophene rings is 1. The minimum absolute atomic E-state index is 0.0781. The van der Waals surface area contributed by atoms with Crippen molar-refractivity contribution >= 4 is 23.1 Å². The van der Waals surface area contributed by atoms with Crippen molar-refractivity contribution in [2.75, 3.05) is 24.5 Å². The molecule has 28 heavy (non-hydrogen) atoms. The fourth-order valence-corrected chi connectivity index (χ4v) is 5.35. The van der Waals surface area contributed by atoms with Crippen molar-refractivity contribution in [2.45, 2.75) is 57.9 Å². The summed E-state index contributed by atoms with van der Waals surface area (Å²) in [5, 5.41) is 10.9. The number of amides is 1. The first-order valence-electron chi connectivity index (χ1n) is 10.7. The zero-order chi connectivity index (χ0) is 19.3. The number of aromatic nitrogens is 2. The highest BCUT2D eigenvalue weighted by molar-refractivity contribution is 7.13. The van der Waals surface area contributed by atoms with Crippen LogP contribution >= 0.6 is 11.3 Å². The van der Waals surface area contributed by atoms with E-state index in [1.165, 1.54) is 32.1 Å². The number of carbonyl (C=O) groups is 1. The van der Waals surface area contributed by atoms with E-state index in [1.54, 1.807) is 11.3 Å². The molecule has 2 fully saturated rings. The molecule has 1 amide bonds. The van der Waals surface area contributed by atoms with Crippen LogP contribution < -0.4 is 4.90 Å². The van der Waals surface area contributed by atoms with Gasteiger partial charge in [-0.2, -0.15) is 0 Å². The van der Waals surface area contributed by atoms with Crippen molar-refractivity contribution in [3.63, 3.8) is 0 Å². The van der Waals surface area contributed by atoms with Crippen LogP contribution in [0.25, 0.3) is 10.6 Å². The molecule has 2 aliphatic rings. The first-order chi connectivity index (χ1) is 13.8. The maximum absolute atomic E-state index is 13.3. The maximum atomic E-state index is 13.3. The molecule has 2 aromatic rings. The lowest BCUT2D eigenvalue weighted by atomic mass is 9.91. The van der Waals surface area contributed by atoms with Gasteiger partial charge in [-0.05, 0) is 56.2 Å². The molecule has 1 unspecified atom stereocenters. The Morgan fingerprint density at radius 2 is 2.00 bits per heavy atom. The lowest BCUT2D eigenvalue weighted by molar-refractivity contribution is -0.138. The summed E-state index contributed by atoms with van der Waals surface area (Å²) in [7, 11) is 0. The van der Waals surface area contributed by atoms with Crippen molar-refractivity contribution in [1.29, 1.82) is 0 Å². The van der Waals surface area contributed by atoms with E-state index in [0.29, 0.717) is 11.9 Å². The second-order valence-corrected chi connectivity index (χ2v) is 8.90. The second kappa shape index (κ2) is 9.03. The molecule has 1 atom stereocenters. The van der Waals surface area contributed by atoms with Crippen LogP contribution in [0.3, 0.4) is 0 Å². The van der Waals surface area contributed by atoms with E-state index >= 15 is 0 Å². The number of carbonyl (C=O) groups excluding carboxylic acids is 1. The minimum Gasteiger partial charge on any atom is -0.354 e. The Labute approximate surface area is 171 Å². The SMILES string of the molecule is CCN(C(=O)C1CCCN(c2ccc(-c3cccs3)nn2)C1)C1CCCCC1. The van der Waals surface area contributed by atoms with Crippen LogP contribution in [0.2, 0.25) is 0 Å². The first kappa shape index (κ1) is 19.4. The third kappa shape index (κ3) is 4.22. The topological polar surface area (TPSA) is 49.3 Å². The van der Waals surface area contributed by atoms with Crippen LogP contribution in [0.5, 0.6) is 0 Å². The zero-order valence-electron chi connectivity index (χ0n) is 16.7. The van der Waals surface area contributed by atoms with Gasteiger partial charge in [0.25, 0.3) is 0 Å². The molecular formula is C22H30N4OS. The molecule has 0 aromatic carbocycles. The average molecular weight is 399 g/mol. The van der Waals surface area contributed by atoms with Gasteiger partial charge in [-0.3, -0.25) is 4.79 Å². The molecule has 0 bridgehead atoms. The predicted octanol–water partition coefficient (Wildman–Crippen LogP) is 4.60. The smallest absolute Gasteiger partial charge is 0.227 e. The molecule has 1 saturated heterocycles. The highest BCUT2D eigenvalue weighted by Crippen LogP contribution is 2.28. The summed E-state index contributed by atoms with van der Waals surface area (Å²) < 4.78 is 0. The van der Waals surface area contributed by atoms with E-state index in [9.17, 15) is 4.79 Å². The fraction of sp³-hybridized carbons (Fsp3) is 0.591. The van der Waals surface area contributed by atoms with E-state index in [2.05, 4.69) is 38.4 Å². The maximum Gasteiger partial charge on any atom is 0.227 e. The third-order valence-electron chi connectivity index (χ3n) is 6.16. The Balaban J connectivity index is 1.42. The van der Waals surface area contributed by atoms with E-state index in [4.69, 9.17) is 0 Å². The number of piperidine rings is 1. The van der Waals surface area contributed by atoms with E-state index < -0.39 is 0 Å². The van der Waals surface area contributed by atoms with Crippen LogP contribution in [-0.2, 0) is 4.79 Å². The highest BCUT2D eigenvalue weighted by atomic mass is 32.1. The Bertz CT molecular complexity index is 755. The van der Waals surface area contributed by atoms with Crippen LogP contribution in [0.15, 0.2) is 29.6 Å². The lowest BCUT2D eigenvalue weighted by Gasteiger charge is -2.39. The molecule has 6 heteroatoms. The largest absolute Gasteiger partial charge is 0.354 e. The predicted molar refractivity (Wildman–Crippen MR) is 115 cm³/mol. The Morgan fingerprint density at radius 3 is 2.68 bits per heavy atom. The molecule has 1 aliphatic carbocycles. The molecule has 3 heterocycles. The Hall–Kier alpha value is -1.95. The number of nitrogens with zero attached hydrogens (tertiary/aromatic N) is 4. The Kier molecular flexibility index (Phi) is 6.25. The van der Waals surface area contributed by atoms with Gasteiger partial charge in [-0.15, -0.1) is 21.5 Å². The van der Waals surface area contributed by atoms with Gasteiger partial charge in [0.2, 0.25) is 5.91 Å². The standard InChI is InChI=1S/C22H30N4OS/c1-2-26(18-9-4-3-5-10-18)22(27)17-8-6-14-25(16-17)21-13-12-19(23-24-21)20-11-7-15-28-20/h7,11-13,15,17-18H,2-6,8-10,14,16H2,1H3. The van der Waals surface area contributed by atoms with E-state index in [0.717, 1.165) is 48.9 Å². The lowest BCUT2D eigenvalue weighted by Crippen LogP contribution is -2.49. The van der Waals surface area contributed by atoms with E-state index in [1.807, 2.05) is 18.2 Å². The van der Waals surface area contributed by atoms with Crippen LogP contribution in [-0.4, -0.2) is 46.7 Å². The second-order valence-electron chi connectivity index (χ2n) is 7.96. The summed E-state index contributed by atoms with van der Waals surface area (Å²) in [5.74, 6) is 1.31. The van der Waals surface area contributed by atoms with Gasteiger partial charge in [0.1, 0.15) is 5.69 Å². The summed E-state index contributed by atoms with van der Waals surface area (Å²) in [6, 6.07) is 8.64. The fourth-order valence-electron chi connectivity index (χ4n) is 4.66. The van der Waals surface area contributed by atoms with E-state index in [-0.39, 0.29) is 5.92 Å². The number of hydrogen-bond donors (Lipinski definition) is 0. The molecule has 4 rings (SSSR count). The highest BCUT2D eigenvalue weighted by Gasteiger charge is 2.33. The summed E-state index contributed by atoms with van der Waals surface area (Å²) in [6.07, 6.45) is 8.21. The van der Waals surface area contributed by atoms with Gasteiger partial charge in [0.05, 0.1) is 10.8 Å². The van der Waals surface area contributed by atoms with Crippen molar-refractivity contribution < 1.29 is 4.79 Å². The van der Waals surface area contributed by atoms with Gasteiger partial charge in [0.15, 0.2) is 5.82 Å². The van der Waals surface area contributed by atoms with Crippen LogP contribution in [0, 0.1) is 5.92 Å². The van der Waals surface area contributed by atoms with Crippen LogP contribution in [0.4, 0.5) is 5.82 Å². The molecular weight excluding hydrogens is 368 g/mol. The third-order valence-corrected chi connectivity index (χ3v) is 7.05. The summed E-state index contributed by atoms with van der Waals surface area (Å²) in [4.78, 5) is 18.8. The Morgan fingerprint density at radius 1 is 1.14 bits per heavy atom. The van der Waals surface area contributed by atoms with Crippen LogP contribution in [0.1, 0.15) is 51.9 Å². The molecule has 1 aliphatic heterocycles. The number of rotatable bonds is 5. The minimum atomic E-state index is 0.0781. The van der Waals surface area contributed by atoms with Gasteiger partial charge < -0.3 is 9.80 Å². The zero-order valence-corrected chi connectivity index (χ0v) is 17.5. The normalized spacial score (nSPS) is 20.9. The monoisotopic (exact) mass is 398 g/mol. The molecule has 150 valence electrons. The molecule has 5 nitrogen and oxygen atoms in total. The van der Waals surface area contributed by atoms with Gasteiger partial charge >= 0.3 is 0 Å². The molecule has 0 radical (unpaired) electrons. The molecule has 0 spiro atoms. The number of anilines is 1. The quantitative estimate of drug-likeness (QED) is 0.738. The van der Waals surface area contributed by atoms with Gasteiger partial charge in [0, 0.05) is 25.7 Å². The summed E-state index contributed by atoms with van der Waals surface area (Å²) in [6.45, 7) is 4.67. The first-order valence-corrected chi connectivity index (χ1v) is 11.6. The summed E-state index contributed by atoms with van der Waals surface area (Å²) >= 11 is 1.67. The van der Waals surface area contributed by atoms with Gasteiger partial charge in [-0.1, -0.05) is 25.3 Å². The number of hydrogen-bond acceptors (Lipinski definition) is 5. The van der Waals surface area contributed by atoms with Crippen molar-refractivity contribution in [2.24, 2.45) is 5.92 Å². The molecule has 0 N–H and O–H groups in total. The average Bonchev–Trinajstić information content (AvgIpc) is 3.30. The molecule has 1 saturated carbocycles. The van der Waals surface area contributed by atoms with Crippen molar-refractivity contribution in [1.82, 2.24) is 15.1 Å². The van der Waals surface area contributed by atoms with Gasteiger partial charge in [-0.25, -0.2) is 0 Å². The van der Waals surface area contributed by atoms with Crippen molar-refractivity contribution in [3.05, 3.63) is 29.6 Å². The summed E-state index contributed by atoms with van der Waals surface area (Å²) in [5.41, 5.74) is 0.915. The van der Waals surface area contributed by atoms with Crippen molar-refractivity contribution in [3.8, 4) is 10.6 Å².